The molecule has 128 valence electrons. The van der Waals surface area contributed by atoms with Gasteiger partial charge in [-0.1, -0.05) is 0 Å². The molecule has 7 nitrogen and oxygen atoms in total. The lowest BCUT2D eigenvalue weighted by atomic mass is 10.0. The van der Waals surface area contributed by atoms with Crippen LogP contribution >= 0.6 is 0 Å². The van der Waals surface area contributed by atoms with Gasteiger partial charge in [-0.05, 0) is 39.0 Å². The van der Waals surface area contributed by atoms with Crippen molar-refractivity contribution in [3.05, 3.63) is 23.8 Å². The van der Waals surface area contributed by atoms with Crippen molar-refractivity contribution < 1.29 is 28.9 Å². The number of methoxy groups -OCH3 is 2. The Morgan fingerprint density at radius 2 is 1.91 bits per heavy atom. The van der Waals surface area contributed by atoms with Gasteiger partial charge < -0.3 is 24.6 Å². The highest BCUT2D eigenvalue weighted by atomic mass is 16.5. The topological polar surface area (TPSA) is 94.1 Å². The Morgan fingerprint density at radius 1 is 1.26 bits per heavy atom. The summed E-state index contributed by atoms with van der Waals surface area (Å²) in [5, 5.41) is 11.7. The zero-order valence-corrected chi connectivity index (χ0v) is 14.0. The van der Waals surface area contributed by atoms with Crippen LogP contribution in [0.2, 0.25) is 0 Å². The fourth-order valence-corrected chi connectivity index (χ4v) is 1.92. The monoisotopic (exact) mass is 325 g/mol. The average Bonchev–Trinajstić information content (AvgIpc) is 2.46. The SMILES string of the molecule is COCC(C)(NC(=O)c1ccc(OC(C)C)c(OC)c1)C(=O)O. The molecular weight excluding hydrogens is 302 g/mol. The van der Waals surface area contributed by atoms with Gasteiger partial charge in [0.1, 0.15) is 0 Å². The predicted molar refractivity (Wildman–Crippen MR) is 84.1 cm³/mol. The normalized spacial score (nSPS) is 13.3. The Hall–Kier alpha value is -2.28. The molecule has 0 aliphatic heterocycles. The fraction of sp³-hybridized carbons (Fsp3) is 0.500. The highest BCUT2D eigenvalue weighted by molar-refractivity contribution is 5.98. The first kappa shape index (κ1) is 18.8. The van der Waals surface area contributed by atoms with Crippen LogP contribution in [0.5, 0.6) is 11.5 Å². The summed E-state index contributed by atoms with van der Waals surface area (Å²) < 4.78 is 15.7. The molecule has 23 heavy (non-hydrogen) atoms. The highest BCUT2D eigenvalue weighted by Crippen LogP contribution is 2.29. The number of hydrogen-bond acceptors (Lipinski definition) is 5. The van der Waals surface area contributed by atoms with Crippen molar-refractivity contribution in [3.63, 3.8) is 0 Å². The van der Waals surface area contributed by atoms with E-state index < -0.39 is 17.4 Å². The van der Waals surface area contributed by atoms with Crippen LogP contribution in [0.15, 0.2) is 18.2 Å². The molecule has 1 aromatic carbocycles. The lowest BCUT2D eigenvalue weighted by molar-refractivity contribution is -0.145. The summed E-state index contributed by atoms with van der Waals surface area (Å²) in [5.74, 6) is -0.812. The van der Waals surface area contributed by atoms with Gasteiger partial charge in [0.25, 0.3) is 5.91 Å². The molecule has 1 rings (SSSR count). The molecule has 1 unspecified atom stereocenters. The third-order valence-electron chi connectivity index (χ3n) is 3.08. The third-order valence-corrected chi connectivity index (χ3v) is 3.08. The summed E-state index contributed by atoms with van der Waals surface area (Å²) in [6.07, 6.45) is -0.0411. The zero-order valence-electron chi connectivity index (χ0n) is 14.0. The van der Waals surface area contributed by atoms with Crippen LogP contribution in [0, 0.1) is 0 Å². The maximum atomic E-state index is 12.3. The van der Waals surface area contributed by atoms with Crippen LogP contribution in [-0.4, -0.2) is 49.5 Å². The molecule has 0 bridgehead atoms. The van der Waals surface area contributed by atoms with E-state index in [0.29, 0.717) is 11.5 Å². The second-order valence-electron chi connectivity index (χ2n) is 5.56. The molecule has 2 N–H and O–H groups in total. The van der Waals surface area contributed by atoms with E-state index in [-0.39, 0.29) is 18.3 Å². The number of aliphatic carboxylic acids is 1. The lowest BCUT2D eigenvalue weighted by Gasteiger charge is -2.25. The van der Waals surface area contributed by atoms with E-state index in [9.17, 15) is 14.7 Å². The van der Waals surface area contributed by atoms with Crippen molar-refractivity contribution in [2.75, 3.05) is 20.8 Å². The van der Waals surface area contributed by atoms with E-state index in [1.807, 2.05) is 13.8 Å². The van der Waals surface area contributed by atoms with Crippen LogP contribution in [0.1, 0.15) is 31.1 Å². The maximum absolute atomic E-state index is 12.3. The number of carboxylic acid groups (broad SMARTS) is 1. The number of amides is 1. The molecule has 0 aliphatic carbocycles. The van der Waals surface area contributed by atoms with E-state index in [4.69, 9.17) is 14.2 Å². The van der Waals surface area contributed by atoms with E-state index >= 15 is 0 Å². The first-order valence-corrected chi connectivity index (χ1v) is 7.13. The van der Waals surface area contributed by atoms with Crippen molar-refractivity contribution in [3.8, 4) is 11.5 Å². The fourth-order valence-electron chi connectivity index (χ4n) is 1.92. The second-order valence-corrected chi connectivity index (χ2v) is 5.56. The van der Waals surface area contributed by atoms with Crippen molar-refractivity contribution in [1.82, 2.24) is 5.32 Å². The van der Waals surface area contributed by atoms with Gasteiger partial charge in [0.05, 0.1) is 19.8 Å². The molecule has 7 heteroatoms. The molecule has 0 saturated carbocycles. The minimum absolute atomic E-state index is 0.0411. The van der Waals surface area contributed by atoms with Crippen molar-refractivity contribution in [1.29, 1.82) is 0 Å². The largest absolute Gasteiger partial charge is 0.493 e. The first-order chi connectivity index (χ1) is 10.7. The number of benzene rings is 1. The minimum atomic E-state index is -1.52. The van der Waals surface area contributed by atoms with Gasteiger partial charge >= 0.3 is 5.97 Å². The van der Waals surface area contributed by atoms with Crippen molar-refractivity contribution in [2.45, 2.75) is 32.4 Å². The number of hydrogen-bond donors (Lipinski definition) is 2. The van der Waals surface area contributed by atoms with E-state index in [1.54, 1.807) is 12.1 Å². The van der Waals surface area contributed by atoms with E-state index in [0.717, 1.165) is 0 Å². The summed E-state index contributed by atoms with van der Waals surface area (Å²) in [4.78, 5) is 23.7. The Labute approximate surface area is 135 Å². The Morgan fingerprint density at radius 3 is 2.39 bits per heavy atom. The Balaban J connectivity index is 3.02. The number of ether oxygens (including phenoxy) is 3. The molecule has 1 aromatic rings. The smallest absolute Gasteiger partial charge is 0.331 e. The molecule has 0 fully saturated rings. The van der Waals surface area contributed by atoms with Crippen molar-refractivity contribution >= 4 is 11.9 Å². The Kier molecular flexibility index (Phi) is 6.38. The molecule has 1 amide bonds. The summed E-state index contributed by atoms with van der Waals surface area (Å²) >= 11 is 0. The van der Waals surface area contributed by atoms with Crippen LogP contribution in [-0.2, 0) is 9.53 Å². The second kappa shape index (κ2) is 7.82. The highest BCUT2D eigenvalue weighted by Gasteiger charge is 2.35. The maximum Gasteiger partial charge on any atom is 0.331 e. The molecular formula is C16H23NO6. The van der Waals surface area contributed by atoms with Gasteiger partial charge in [0.2, 0.25) is 0 Å². The van der Waals surface area contributed by atoms with E-state index in [1.165, 1.54) is 27.2 Å². The quantitative estimate of drug-likeness (QED) is 0.755. The third kappa shape index (κ3) is 4.85. The number of carboxylic acids is 1. The number of carbonyl (C=O) groups is 2. The lowest BCUT2D eigenvalue weighted by Crippen LogP contribution is -2.55. The summed E-state index contributed by atoms with van der Waals surface area (Å²) in [6, 6.07) is 4.66. The number of rotatable bonds is 8. The molecule has 0 aliphatic rings. The number of nitrogens with one attached hydrogen (secondary N) is 1. The standard InChI is InChI=1S/C16H23NO6/c1-10(2)23-12-7-6-11(8-13(12)22-5)14(18)17-16(3,9-21-4)15(19)20/h6-8,10H,9H2,1-5H3,(H,17,18)(H,19,20). The zero-order chi connectivity index (χ0) is 17.6. The number of carbonyl (C=O) groups excluding carboxylic acids is 1. The van der Waals surface area contributed by atoms with Gasteiger partial charge in [-0.15, -0.1) is 0 Å². The van der Waals surface area contributed by atoms with Crippen LogP contribution < -0.4 is 14.8 Å². The van der Waals surface area contributed by atoms with Gasteiger partial charge in [0, 0.05) is 12.7 Å². The molecule has 1 atom stereocenters. The molecule has 0 saturated heterocycles. The molecule has 0 heterocycles. The van der Waals surface area contributed by atoms with Gasteiger partial charge in [-0.25, -0.2) is 4.79 Å². The summed E-state index contributed by atoms with van der Waals surface area (Å²) in [7, 11) is 2.84. The molecule has 0 aromatic heterocycles. The predicted octanol–water partition coefficient (Wildman–Crippen LogP) is 1.70. The van der Waals surface area contributed by atoms with Crippen LogP contribution in [0.25, 0.3) is 0 Å². The van der Waals surface area contributed by atoms with Crippen molar-refractivity contribution in [2.24, 2.45) is 0 Å². The summed E-state index contributed by atoms with van der Waals surface area (Å²) in [5.41, 5.74) is -1.26. The van der Waals surface area contributed by atoms with E-state index in [2.05, 4.69) is 5.32 Å². The molecule has 0 radical (unpaired) electrons. The average molecular weight is 325 g/mol. The van der Waals surface area contributed by atoms with Crippen LogP contribution in [0.4, 0.5) is 0 Å². The van der Waals surface area contributed by atoms with Gasteiger partial charge in [0.15, 0.2) is 17.0 Å². The summed E-state index contributed by atoms with van der Waals surface area (Å²) in [6.45, 7) is 4.98. The van der Waals surface area contributed by atoms with Crippen LogP contribution in [0.3, 0.4) is 0 Å². The van der Waals surface area contributed by atoms with Gasteiger partial charge in [-0.2, -0.15) is 0 Å². The Bertz CT molecular complexity index is 572. The first-order valence-electron chi connectivity index (χ1n) is 7.13. The van der Waals surface area contributed by atoms with Gasteiger partial charge in [-0.3, -0.25) is 4.79 Å². The molecule has 0 spiro atoms. The minimum Gasteiger partial charge on any atom is -0.493 e.